The normalized spacial score (nSPS) is 10.4. The molecule has 3 rings (SSSR count). The van der Waals surface area contributed by atoms with Crippen LogP contribution in [0.25, 0.3) is 0 Å². The molecule has 0 fully saturated rings. The Morgan fingerprint density at radius 2 is 1.21 bits per heavy atom. The lowest BCUT2D eigenvalue weighted by atomic mass is 10.1. The largest absolute Gasteiger partial charge is 0.456 e. The second kappa shape index (κ2) is 8.81. The minimum absolute atomic E-state index is 0.0691. The maximum atomic E-state index is 12.0. The van der Waals surface area contributed by atoms with E-state index >= 15 is 0 Å². The van der Waals surface area contributed by atoms with Crippen molar-refractivity contribution >= 4 is 11.9 Å². The first-order valence-electron chi connectivity index (χ1n) is 8.50. The molecule has 0 unspecified atom stereocenters. The standard InChI is InChI=1S/C20H18N4O4/c1-13-7-23-17(9-21-13)19(25)27-11-15-4-3-5-16(6-15)12-28-20(26)18-10-22-14(2)8-24-18/h3-10H,11-12H2,1-2H3. The highest BCUT2D eigenvalue weighted by Crippen LogP contribution is 2.10. The average molecular weight is 378 g/mol. The Hall–Kier alpha value is -3.68. The first-order chi connectivity index (χ1) is 13.5. The van der Waals surface area contributed by atoms with Crippen molar-refractivity contribution in [3.8, 4) is 0 Å². The fourth-order valence-corrected chi connectivity index (χ4v) is 2.25. The van der Waals surface area contributed by atoms with Crippen LogP contribution in [0.4, 0.5) is 0 Å². The van der Waals surface area contributed by atoms with Crippen LogP contribution in [0.5, 0.6) is 0 Å². The molecule has 142 valence electrons. The molecule has 0 saturated heterocycles. The highest BCUT2D eigenvalue weighted by atomic mass is 16.5. The second-order valence-corrected chi connectivity index (χ2v) is 6.06. The Labute approximate surface area is 161 Å². The van der Waals surface area contributed by atoms with Gasteiger partial charge in [0, 0.05) is 12.4 Å². The Morgan fingerprint density at radius 1 is 0.750 bits per heavy atom. The quantitative estimate of drug-likeness (QED) is 0.603. The molecule has 0 N–H and O–H groups in total. The zero-order valence-electron chi connectivity index (χ0n) is 15.5. The van der Waals surface area contributed by atoms with Gasteiger partial charge in [-0.1, -0.05) is 18.2 Å². The van der Waals surface area contributed by atoms with Crippen molar-refractivity contribution < 1.29 is 19.1 Å². The number of ether oxygens (including phenoxy) is 2. The van der Waals surface area contributed by atoms with E-state index in [2.05, 4.69) is 19.9 Å². The van der Waals surface area contributed by atoms with Gasteiger partial charge in [0.25, 0.3) is 0 Å². The molecule has 0 atom stereocenters. The van der Waals surface area contributed by atoms with Crippen LogP contribution in [0.3, 0.4) is 0 Å². The van der Waals surface area contributed by atoms with Crippen LogP contribution >= 0.6 is 0 Å². The van der Waals surface area contributed by atoms with Crippen molar-refractivity contribution in [3.05, 3.63) is 83.0 Å². The van der Waals surface area contributed by atoms with Gasteiger partial charge in [-0.3, -0.25) is 9.97 Å². The van der Waals surface area contributed by atoms with E-state index in [1.807, 2.05) is 12.1 Å². The lowest BCUT2D eigenvalue weighted by molar-refractivity contribution is 0.0464. The van der Waals surface area contributed by atoms with Crippen LogP contribution < -0.4 is 0 Å². The summed E-state index contributed by atoms with van der Waals surface area (Å²) in [6.07, 6.45) is 5.76. The third-order valence-corrected chi connectivity index (χ3v) is 3.71. The monoisotopic (exact) mass is 378 g/mol. The van der Waals surface area contributed by atoms with Crippen molar-refractivity contribution in [2.24, 2.45) is 0 Å². The van der Waals surface area contributed by atoms with E-state index in [4.69, 9.17) is 9.47 Å². The summed E-state index contributed by atoms with van der Waals surface area (Å²) in [7, 11) is 0. The summed E-state index contributed by atoms with van der Waals surface area (Å²) >= 11 is 0. The van der Waals surface area contributed by atoms with Crippen molar-refractivity contribution in [2.75, 3.05) is 0 Å². The number of rotatable bonds is 6. The maximum absolute atomic E-state index is 12.0. The molecule has 0 aliphatic carbocycles. The van der Waals surface area contributed by atoms with Gasteiger partial charge in [-0.05, 0) is 31.0 Å². The molecular formula is C20H18N4O4. The van der Waals surface area contributed by atoms with Gasteiger partial charge in [0.15, 0.2) is 11.4 Å². The lowest BCUT2D eigenvalue weighted by Crippen LogP contribution is -2.09. The molecule has 3 aromatic rings. The number of aryl methyl sites for hydroxylation is 2. The Kier molecular flexibility index (Phi) is 6.01. The number of carbonyl (C=O) groups excluding carboxylic acids is 2. The van der Waals surface area contributed by atoms with Crippen LogP contribution in [0, 0.1) is 13.8 Å². The molecule has 0 saturated carbocycles. The molecule has 0 bridgehead atoms. The van der Waals surface area contributed by atoms with Crippen molar-refractivity contribution in [3.63, 3.8) is 0 Å². The van der Waals surface area contributed by atoms with Crippen molar-refractivity contribution in [1.29, 1.82) is 0 Å². The smallest absolute Gasteiger partial charge is 0.358 e. The van der Waals surface area contributed by atoms with Crippen LogP contribution in [0.1, 0.15) is 43.5 Å². The molecular weight excluding hydrogens is 360 g/mol. The number of aromatic nitrogens is 4. The zero-order valence-corrected chi connectivity index (χ0v) is 15.5. The summed E-state index contributed by atoms with van der Waals surface area (Å²) in [6.45, 7) is 3.71. The van der Waals surface area contributed by atoms with E-state index in [9.17, 15) is 9.59 Å². The van der Waals surface area contributed by atoms with Gasteiger partial charge in [0.1, 0.15) is 13.2 Å². The first-order valence-corrected chi connectivity index (χ1v) is 8.50. The minimum Gasteiger partial charge on any atom is -0.456 e. The number of nitrogens with zero attached hydrogens (tertiary/aromatic N) is 4. The van der Waals surface area contributed by atoms with Gasteiger partial charge in [0.05, 0.1) is 23.8 Å². The molecule has 28 heavy (non-hydrogen) atoms. The molecule has 2 aromatic heterocycles. The van der Waals surface area contributed by atoms with Crippen LogP contribution in [0.15, 0.2) is 49.1 Å². The van der Waals surface area contributed by atoms with Gasteiger partial charge in [-0.2, -0.15) is 0 Å². The summed E-state index contributed by atoms with van der Waals surface area (Å²) in [5.41, 5.74) is 3.25. The fourth-order valence-electron chi connectivity index (χ4n) is 2.25. The second-order valence-electron chi connectivity index (χ2n) is 6.06. The van der Waals surface area contributed by atoms with E-state index in [0.29, 0.717) is 0 Å². The molecule has 0 radical (unpaired) electrons. The van der Waals surface area contributed by atoms with Crippen LogP contribution in [-0.2, 0) is 22.7 Å². The van der Waals surface area contributed by atoms with Gasteiger partial charge in [-0.25, -0.2) is 19.6 Å². The summed E-state index contributed by atoms with van der Waals surface area (Å²) in [5.74, 6) is -1.11. The Morgan fingerprint density at radius 3 is 1.61 bits per heavy atom. The van der Waals surface area contributed by atoms with E-state index in [-0.39, 0.29) is 24.6 Å². The van der Waals surface area contributed by atoms with E-state index < -0.39 is 11.9 Å². The topological polar surface area (TPSA) is 104 Å². The zero-order chi connectivity index (χ0) is 19.9. The highest BCUT2D eigenvalue weighted by Gasteiger charge is 2.11. The van der Waals surface area contributed by atoms with E-state index in [1.54, 1.807) is 26.0 Å². The molecule has 1 aromatic carbocycles. The van der Waals surface area contributed by atoms with Gasteiger partial charge >= 0.3 is 11.9 Å². The highest BCUT2D eigenvalue weighted by molar-refractivity contribution is 5.87. The predicted molar refractivity (Wildman–Crippen MR) is 98.2 cm³/mol. The van der Waals surface area contributed by atoms with E-state index in [0.717, 1.165) is 22.5 Å². The first kappa shape index (κ1) is 19.1. The summed E-state index contributed by atoms with van der Waals surface area (Å²) in [4.78, 5) is 40.0. The van der Waals surface area contributed by atoms with Crippen LogP contribution in [-0.4, -0.2) is 31.9 Å². The lowest BCUT2D eigenvalue weighted by Gasteiger charge is -2.08. The minimum atomic E-state index is -0.553. The number of benzene rings is 1. The average Bonchev–Trinajstić information content (AvgIpc) is 2.71. The Bertz CT molecular complexity index is 896. The fraction of sp³-hybridized carbons (Fsp3) is 0.200. The van der Waals surface area contributed by atoms with Crippen molar-refractivity contribution in [2.45, 2.75) is 27.1 Å². The van der Waals surface area contributed by atoms with Crippen LogP contribution in [0.2, 0.25) is 0 Å². The third kappa shape index (κ3) is 5.16. The molecule has 0 aliphatic rings. The molecule has 8 heteroatoms. The summed E-state index contributed by atoms with van der Waals surface area (Å²) in [6, 6.07) is 7.21. The number of carbonyl (C=O) groups is 2. The predicted octanol–water partition coefficient (Wildman–Crippen LogP) is 2.60. The molecule has 0 amide bonds. The van der Waals surface area contributed by atoms with E-state index in [1.165, 1.54) is 24.8 Å². The van der Waals surface area contributed by atoms with Gasteiger partial charge in [0.2, 0.25) is 0 Å². The molecule has 8 nitrogen and oxygen atoms in total. The molecule has 0 spiro atoms. The molecule has 2 heterocycles. The number of esters is 2. The summed E-state index contributed by atoms with van der Waals surface area (Å²) < 4.78 is 10.5. The number of hydrogen-bond donors (Lipinski definition) is 0. The van der Waals surface area contributed by atoms with Gasteiger partial charge in [-0.15, -0.1) is 0 Å². The molecule has 0 aliphatic heterocycles. The Balaban J connectivity index is 1.54. The summed E-state index contributed by atoms with van der Waals surface area (Å²) in [5, 5.41) is 0. The SMILES string of the molecule is Cc1cnc(C(=O)OCc2cccc(COC(=O)c3cnc(C)cn3)c2)cn1. The van der Waals surface area contributed by atoms with Crippen molar-refractivity contribution in [1.82, 2.24) is 19.9 Å². The maximum Gasteiger partial charge on any atom is 0.358 e. The third-order valence-electron chi connectivity index (χ3n) is 3.71. The number of hydrogen-bond acceptors (Lipinski definition) is 8. The van der Waals surface area contributed by atoms with Gasteiger partial charge < -0.3 is 9.47 Å².